The minimum atomic E-state index is -0.509. The fourth-order valence-corrected chi connectivity index (χ4v) is 2.18. The molecule has 1 amide bonds. The second kappa shape index (κ2) is 11.0. The van der Waals surface area contributed by atoms with E-state index in [9.17, 15) is 14.9 Å². The lowest BCUT2D eigenvalue weighted by Crippen LogP contribution is -2.80. The Balaban J connectivity index is 2.88. The van der Waals surface area contributed by atoms with Crippen LogP contribution in [0.4, 0.5) is 5.69 Å². The van der Waals surface area contributed by atoms with Crippen LogP contribution in [0.2, 0.25) is 0 Å². The van der Waals surface area contributed by atoms with Crippen molar-refractivity contribution in [2.75, 3.05) is 25.1 Å². The Morgan fingerprint density at radius 2 is 2.03 bits per heavy atom. The van der Waals surface area contributed by atoms with E-state index in [0.29, 0.717) is 23.6 Å². The van der Waals surface area contributed by atoms with Gasteiger partial charge in [-0.05, 0) is 37.5 Å². The van der Waals surface area contributed by atoms with Crippen LogP contribution in [-0.2, 0) is 14.3 Å². The number of hydrogen-bond acceptors (Lipinski definition) is 6. The lowest BCUT2D eigenvalue weighted by atomic mass is 9.98. The summed E-state index contributed by atoms with van der Waals surface area (Å²) >= 11 is 0. The first-order valence-electron chi connectivity index (χ1n) is 9.30. The zero-order chi connectivity index (χ0) is 22.0. The number of benzene rings is 1. The fourth-order valence-electron chi connectivity index (χ4n) is 2.18. The van der Waals surface area contributed by atoms with E-state index < -0.39 is 11.9 Å². The Morgan fingerprint density at radius 3 is 2.59 bits per heavy atom. The first-order valence-corrected chi connectivity index (χ1v) is 9.30. The predicted octanol–water partition coefficient (Wildman–Crippen LogP) is 1.97. The number of ether oxygens (including phenoxy) is 2. The quantitative estimate of drug-likeness (QED) is 0.331. The number of anilines is 1. The molecule has 0 bridgehead atoms. The van der Waals surface area contributed by atoms with Crippen LogP contribution in [0.25, 0.3) is 0 Å². The van der Waals surface area contributed by atoms with Crippen molar-refractivity contribution in [3.63, 3.8) is 0 Å². The molecule has 0 aliphatic heterocycles. The first kappa shape index (κ1) is 23.9. The smallest absolute Gasteiger partial charge is 0.362 e. The van der Waals surface area contributed by atoms with Crippen molar-refractivity contribution in [2.24, 2.45) is 5.41 Å². The normalized spacial score (nSPS) is 11.4. The number of nitrogens with two attached hydrogens (primary N) is 1. The van der Waals surface area contributed by atoms with E-state index >= 15 is 0 Å². The molecule has 1 aromatic carbocycles. The summed E-state index contributed by atoms with van der Waals surface area (Å²) in [6.45, 7) is 10.0. The van der Waals surface area contributed by atoms with E-state index in [2.05, 4.69) is 11.4 Å². The molecule has 29 heavy (non-hydrogen) atoms. The van der Waals surface area contributed by atoms with Crippen LogP contribution in [0.1, 0.15) is 40.2 Å². The number of nitriles is 1. The van der Waals surface area contributed by atoms with Crippen LogP contribution in [-0.4, -0.2) is 37.3 Å². The summed E-state index contributed by atoms with van der Waals surface area (Å²) in [5.74, 6) is -0.470. The van der Waals surface area contributed by atoms with Gasteiger partial charge in [-0.15, -0.1) is 0 Å². The lowest BCUT2D eigenvalue weighted by molar-refractivity contribution is -0.578. The molecule has 0 atom stereocenters. The molecule has 156 valence electrons. The van der Waals surface area contributed by atoms with Crippen molar-refractivity contribution in [3.8, 4) is 11.8 Å². The highest BCUT2D eigenvalue weighted by molar-refractivity contribution is 6.23. The molecule has 0 aliphatic rings. The molecule has 0 unspecified atom stereocenters. The fraction of sp³-hybridized carbons (Fsp3) is 0.429. The third-order valence-corrected chi connectivity index (χ3v) is 3.54. The van der Waals surface area contributed by atoms with Gasteiger partial charge in [0.05, 0.1) is 18.8 Å². The predicted molar refractivity (Wildman–Crippen MR) is 110 cm³/mol. The summed E-state index contributed by atoms with van der Waals surface area (Å²) in [5.41, 5.74) is 0.820. The molecular weight excluding hydrogens is 372 g/mol. The van der Waals surface area contributed by atoms with E-state index in [-0.39, 0.29) is 29.9 Å². The molecule has 8 nitrogen and oxygen atoms in total. The molecular formula is C21H29N4O4+. The standard InChI is InChI=1S/C21H28N4O4/c1-6-28-19(26)12-24-11-17(14(2)23)20(27)25-16-7-8-18(15(9-16)10-22)29-13-21(3,4)5/h7-9,11,23-24H,6,12-13H2,1-5H3,(H,25,27)/p+1. The Labute approximate surface area is 171 Å². The molecule has 0 heterocycles. The average Bonchev–Trinajstić information content (AvgIpc) is 2.63. The van der Waals surface area contributed by atoms with Crippen molar-refractivity contribution in [1.29, 1.82) is 10.7 Å². The Hall–Kier alpha value is -3.18. The van der Waals surface area contributed by atoms with Gasteiger partial charge in [0, 0.05) is 11.4 Å². The number of carbonyl (C=O) groups excluding carboxylic acids is 2. The number of esters is 1. The molecule has 8 heteroatoms. The van der Waals surface area contributed by atoms with E-state index in [0.717, 1.165) is 0 Å². The van der Waals surface area contributed by atoms with Crippen molar-refractivity contribution in [3.05, 3.63) is 35.5 Å². The number of rotatable bonds is 9. The van der Waals surface area contributed by atoms with Gasteiger partial charge < -0.3 is 25.5 Å². The summed E-state index contributed by atoms with van der Waals surface area (Å²) in [6.07, 6.45) is 1.42. The molecule has 0 aromatic heterocycles. The van der Waals surface area contributed by atoms with Crippen LogP contribution >= 0.6 is 0 Å². The van der Waals surface area contributed by atoms with E-state index in [4.69, 9.17) is 14.9 Å². The second-order valence-electron chi connectivity index (χ2n) is 7.58. The Kier molecular flexibility index (Phi) is 9.03. The summed E-state index contributed by atoms with van der Waals surface area (Å²) in [4.78, 5) is 23.9. The van der Waals surface area contributed by atoms with Crippen LogP contribution in [0.5, 0.6) is 5.75 Å². The highest BCUT2D eigenvalue weighted by Crippen LogP contribution is 2.25. The summed E-state index contributed by atoms with van der Waals surface area (Å²) in [7, 11) is 0. The van der Waals surface area contributed by atoms with E-state index in [1.54, 1.807) is 19.1 Å². The maximum Gasteiger partial charge on any atom is 0.362 e. The summed E-state index contributed by atoms with van der Waals surface area (Å²) in [6, 6.07) is 6.86. The topological polar surface area (TPSA) is 129 Å². The van der Waals surface area contributed by atoms with E-state index in [1.165, 1.54) is 24.5 Å². The zero-order valence-electron chi connectivity index (χ0n) is 17.6. The van der Waals surface area contributed by atoms with Gasteiger partial charge in [-0.2, -0.15) is 5.26 Å². The molecule has 0 radical (unpaired) electrons. The van der Waals surface area contributed by atoms with Gasteiger partial charge in [-0.25, -0.2) is 4.79 Å². The molecule has 1 rings (SSSR count). The van der Waals surface area contributed by atoms with Gasteiger partial charge in [0.15, 0.2) is 6.54 Å². The van der Waals surface area contributed by atoms with Crippen LogP contribution < -0.4 is 15.4 Å². The van der Waals surface area contributed by atoms with Gasteiger partial charge >= 0.3 is 5.97 Å². The van der Waals surface area contributed by atoms with Crippen LogP contribution in [0.3, 0.4) is 0 Å². The highest BCUT2D eigenvalue weighted by atomic mass is 16.5. The van der Waals surface area contributed by atoms with Crippen LogP contribution in [0, 0.1) is 22.2 Å². The number of amides is 1. The molecule has 0 fully saturated rings. The Bertz CT molecular complexity index is 832. The monoisotopic (exact) mass is 401 g/mol. The third-order valence-electron chi connectivity index (χ3n) is 3.54. The maximum absolute atomic E-state index is 12.5. The van der Waals surface area contributed by atoms with Gasteiger partial charge in [-0.1, -0.05) is 20.8 Å². The van der Waals surface area contributed by atoms with Crippen molar-refractivity contribution in [1.82, 2.24) is 0 Å². The van der Waals surface area contributed by atoms with Crippen molar-refractivity contribution < 1.29 is 24.4 Å². The first-order chi connectivity index (χ1) is 13.6. The number of quaternary nitrogens is 1. The molecule has 4 N–H and O–H groups in total. The van der Waals surface area contributed by atoms with Crippen molar-refractivity contribution >= 4 is 23.3 Å². The highest BCUT2D eigenvalue weighted by Gasteiger charge is 2.17. The molecule has 1 aromatic rings. The second-order valence-corrected chi connectivity index (χ2v) is 7.58. The number of hydrogen-bond donors (Lipinski definition) is 3. The molecule has 0 spiro atoms. The third kappa shape index (κ3) is 8.58. The van der Waals surface area contributed by atoms with Crippen LogP contribution in [0.15, 0.2) is 30.0 Å². The summed E-state index contributed by atoms with van der Waals surface area (Å²) in [5, 5.41) is 21.3. The average molecular weight is 401 g/mol. The number of carbonyl (C=O) groups is 2. The van der Waals surface area contributed by atoms with Gasteiger partial charge in [-0.3, -0.25) is 4.79 Å². The SMILES string of the molecule is CCOC(=O)C[NH2+]C=C(C(C)=N)C(=O)Nc1ccc(OCC(C)(C)C)c(C#N)c1. The van der Waals surface area contributed by atoms with Gasteiger partial charge in [0.25, 0.3) is 5.91 Å². The largest absolute Gasteiger partial charge is 0.492 e. The summed E-state index contributed by atoms with van der Waals surface area (Å²) < 4.78 is 10.5. The Morgan fingerprint density at radius 1 is 1.34 bits per heavy atom. The lowest BCUT2D eigenvalue weighted by Gasteiger charge is -2.19. The molecule has 0 saturated carbocycles. The van der Waals surface area contributed by atoms with E-state index in [1.807, 2.05) is 20.8 Å². The van der Waals surface area contributed by atoms with Crippen molar-refractivity contribution in [2.45, 2.75) is 34.6 Å². The molecule has 0 saturated heterocycles. The number of nitrogens with one attached hydrogen (secondary N) is 2. The molecule has 0 aliphatic carbocycles. The minimum absolute atomic E-state index is 0.0102. The maximum atomic E-state index is 12.5. The van der Waals surface area contributed by atoms with Gasteiger partial charge in [0.2, 0.25) is 0 Å². The number of nitrogens with zero attached hydrogens (tertiary/aromatic N) is 1. The van der Waals surface area contributed by atoms with Gasteiger partial charge in [0.1, 0.15) is 23.6 Å². The zero-order valence-corrected chi connectivity index (χ0v) is 17.6. The minimum Gasteiger partial charge on any atom is -0.492 e.